The average molecular weight is 275 g/mol. The maximum absolute atomic E-state index is 11.7. The van der Waals surface area contributed by atoms with E-state index in [-0.39, 0.29) is 5.91 Å². The summed E-state index contributed by atoms with van der Waals surface area (Å²) < 4.78 is 0. The number of nitrogens with zero attached hydrogens (tertiary/aromatic N) is 2. The van der Waals surface area contributed by atoms with E-state index in [2.05, 4.69) is 52.4 Å². The van der Waals surface area contributed by atoms with Gasteiger partial charge >= 0.3 is 0 Å². The number of amides is 1. The van der Waals surface area contributed by atoms with Gasteiger partial charge in [-0.05, 0) is 12.0 Å². The van der Waals surface area contributed by atoms with Gasteiger partial charge in [0.05, 0.1) is 6.54 Å². The van der Waals surface area contributed by atoms with Crippen molar-refractivity contribution >= 4 is 5.91 Å². The van der Waals surface area contributed by atoms with Crippen LogP contribution in [-0.2, 0) is 11.3 Å². The van der Waals surface area contributed by atoms with Gasteiger partial charge in [-0.3, -0.25) is 14.6 Å². The number of carbonyl (C=O) groups excluding carboxylic acids is 1. The molecule has 0 spiro atoms. The molecule has 1 aromatic carbocycles. The molecule has 0 bridgehead atoms. The van der Waals surface area contributed by atoms with E-state index in [9.17, 15) is 4.79 Å². The minimum absolute atomic E-state index is 0.156. The highest BCUT2D eigenvalue weighted by atomic mass is 16.2. The molecule has 0 atom stereocenters. The van der Waals surface area contributed by atoms with E-state index >= 15 is 0 Å². The van der Waals surface area contributed by atoms with E-state index in [4.69, 9.17) is 0 Å². The van der Waals surface area contributed by atoms with Crippen LogP contribution in [0.2, 0.25) is 0 Å². The van der Waals surface area contributed by atoms with Crippen LogP contribution in [0.3, 0.4) is 0 Å². The molecule has 20 heavy (non-hydrogen) atoms. The van der Waals surface area contributed by atoms with E-state index in [1.807, 2.05) is 0 Å². The number of nitrogens with one attached hydrogen (secondary N) is 1. The van der Waals surface area contributed by atoms with Gasteiger partial charge < -0.3 is 5.32 Å². The van der Waals surface area contributed by atoms with E-state index in [0.29, 0.717) is 6.54 Å². The second-order valence-electron chi connectivity index (χ2n) is 5.39. The Hall–Kier alpha value is -1.39. The standard InChI is InChI=1S/C16H25N3O/c1-2-8-17-16(20)14-19-11-9-18(10-12-19)13-15-6-4-3-5-7-15/h3-7H,2,8-14H2,1H3,(H,17,20). The topological polar surface area (TPSA) is 35.6 Å². The fraction of sp³-hybridized carbons (Fsp3) is 0.562. The van der Waals surface area contributed by atoms with Crippen molar-refractivity contribution in [1.82, 2.24) is 15.1 Å². The van der Waals surface area contributed by atoms with Crippen molar-refractivity contribution in [3.05, 3.63) is 35.9 Å². The lowest BCUT2D eigenvalue weighted by atomic mass is 10.2. The molecule has 0 aromatic heterocycles. The molecule has 1 saturated heterocycles. The Morgan fingerprint density at radius 2 is 1.75 bits per heavy atom. The summed E-state index contributed by atoms with van der Waals surface area (Å²) in [6, 6.07) is 10.6. The Bertz CT molecular complexity index is 399. The third kappa shape index (κ3) is 4.94. The van der Waals surface area contributed by atoms with Crippen LogP contribution < -0.4 is 5.32 Å². The van der Waals surface area contributed by atoms with Crippen LogP contribution in [-0.4, -0.2) is 55.0 Å². The highest BCUT2D eigenvalue weighted by Gasteiger charge is 2.18. The van der Waals surface area contributed by atoms with Gasteiger partial charge in [-0.1, -0.05) is 37.3 Å². The van der Waals surface area contributed by atoms with Gasteiger partial charge in [-0.25, -0.2) is 0 Å². The van der Waals surface area contributed by atoms with Gasteiger partial charge in [0.15, 0.2) is 0 Å². The Balaban J connectivity index is 1.68. The molecule has 1 aromatic rings. The highest BCUT2D eigenvalue weighted by molar-refractivity contribution is 5.77. The Morgan fingerprint density at radius 3 is 2.40 bits per heavy atom. The normalized spacial score (nSPS) is 17.1. The maximum Gasteiger partial charge on any atom is 0.234 e. The second-order valence-corrected chi connectivity index (χ2v) is 5.39. The number of hydrogen-bond donors (Lipinski definition) is 1. The zero-order chi connectivity index (χ0) is 14.2. The number of hydrogen-bond acceptors (Lipinski definition) is 3. The molecule has 1 aliphatic heterocycles. The predicted molar refractivity (Wildman–Crippen MR) is 81.5 cm³/mol. The molecular formula is C16H25N3O. The molecule has 0 radical (unpaired) electrons. The number of benzene rings is 1. The van der Waals surface area contributed by atoms with Crippen molar-refractivity contribution in [3.63, 3.8) is 0 Å². The third-order valence-electron chi connectivity index (χ3n) is 3.65. The van der Waals surface area contributed by atoms with Gasteiger partial charge in [-0.2, -0.15) is 0 Å². The third-order valence-corrected chi connectivity index (χ3v) is 3.65. The van der Waals surface area contributed by atoms with Crippen LogP contribution >= 0.6 is 0 Å². The Labute approximate surface area is 121 Å². The summed E-state index contributed by atoms with van der Waals surface area (Å²) in [7, 11) is 0. The first-order valence-electron chi connectivity index (χ1n) is 7.53. The molecule has 4 heteroatoms. The Morgan fingerprint density at radius 1 is 1.10 bits per heavy atom. The minimum atomic E-state index is 0.156. The fourth-order valence-electron chi connectivity index (χ4n) is 2.47. The minimum Gasteiger partial charge on any atom is -0.355 e. The SMILES string of the molecule is CCCNC(=O)CN1CCN(Cc2ccccc2)CC1. The van der Waals surface area contributed by atoms with Crippen LogP contribution in [0.15, 0.2) is 30.3 Å². The summed E-state index contributed by atoms with van der Waals surface area (Å²) in [5.41, 5.74) is 1.36. The molecule has 2 rings (SSSR count). The summed E-state index contributed by atoms with van der Waals surface area (Å²) in [5, 5.41) is 2.94. The van der Waals surface area contributed by atoms with Crippen molar-refractivity contribution in [2.75, 3.05) is 39.3 Å². The molecular weight excluding hydrogens is 250 g/mol. The lowest BCUT2D eigenvalue weighted by Gasteiger charge is -2.34. The lowest BCUT2D eigenvalue weighted by molar-refractivity contribution is -0.122. The summed E-state index contributed by atoms with van der Waals surface area (Å²) in [5.74, 6) is 0.156. The first kappa shape index (κ1) is 15.0. The van der Waals surface area contributed by atoms with Crippen molar-refractivity contribution in [2.45, 2.75) is 19.9 Å². The van der Waals surface area contributed by atoms with Crippen molar-refractivity contribution in [2.24, 2.45) is 0 Å². The molecule has 4 nitrogen and oxygen atoms in total. The van der Waals surface area contributed by atoms with Crippen molar-refractivity contribution in [3.8, 4) is 0 Å². The first-order valence-corrected chi connectivity index (χ1v) is 7.53. The van der Waals surface area contributed by atoms with Crippen molar-refractivity contribution in [1.29, 1.82) is 0 Å². The zero-order valence-electron chi connectivity index (χ0n) is 12.3. The quantitative estimate of drug-likeness (QED) is 0.851. The summed E-state index contributed by atoms with van der Waals surface area (Å²) in [6.45, 7) is 8.44. The van der Waals surface area contributed by atoms with Gasteiger partial charge in [-0.15, -0.1) is 0 Å². The molecule has 0 saturated carbocycles. The largest absolute Gasteiger partial charge is 0.355 e. The maximum atomic E-state index is 11.7. The highest BCUT2D eigenvalue weighted by Crippen LogP contribution is 2.08. The van der Waals surface area contributed by atoms with Gasteiger partial charge in [0.1, 0.15) is 0 Å². The number of carbonyl (C=O) groups is 1. The summed E-state index contributed by atoms with van der Waals surface area (Å²) in [6.07, 6.45) is 0.997. The first-order chi connectivity index (χ1) is 9.78. The molecule has 1 fully saturated rings. The van der Waals surface area contributed by atoms with Gasteiger partial charge in [0, 0.05) is 39.3 Å². The van der Waals surface area contributed by atoms with E-state index < -0.39 is 0 Å². The van der Waals surface area contributed by atoms with Crippen LogP contribution in [0, 0.1) is 0 Å². The predicted octanol–water partition coefficient (Wildman–Crippen LogP) is 1.33. The van der Waals surface area contributed by atoms with E-state index in [0.717, 1.165) is 45.7 Å². The molecule has 110 valence electrons. The summed E-state index contributed by atoms with van der Waals surface area (Å²) >= 11 is 0. The van der Waals surface area contributed by atoms with Gasteiger partial charge in [0.2, 0.25) is 5.91 Å². The monoisotopic (exact) mass is 275 g/mol. The average Bonchev–Trinajstić information content (AvgIpc) is 2.48. The zero-order valence-corrected chi connectivity index (χ0v) is 12.3. The van der Waals surface area contributed by atoms with Crippen LogP contribution in [0.5, 0.6) is 0 Å². The summed E-state index contributed by atoms with van der Waals surface area (Å²) in [4.78, 5) is 16.4. The van der Waals surface area contributed by atoms with Crippen LogP contribution in [0.25, 0.3) is 0 Å². The second kappa shape index (κ2) is 8.02. The van der Waals surface area contributed by atoms with E-state index in [1.165, 1.54) is 5.56 Å². The smallest absolute Gasteiger partial charge is 0.234 e. The molecule has 1 heterocycles. The molecule has 1 aliphatic rings. The molecule has 1 N–H and O–H groups in total. The van der Waals surface area contributed by atoms with Crippen LogP contribution in [0.1, 0.15) is 18.9 Å². The number of piperazine rings is 1. The molecule has 0 aliphatic carbocycles. The van der Waals surface area contributed by atoms with Crippen LogP contribution in [0.4, 0.5) is 0 Å². The Kier molecular flexibility index (Phi) is 6.02. The molecule has 1 amide bonds. The number of rotatable bonds is 6. The van der Waals surface area contributed by atoms with Gasteiger partial charge in [0.25, 0.3) is 0 Å². The lowest BCUT2D eigenvalue weighted by Crippen LogP contribution is -2.49. The van der Waals surface area contributed by atoms with Crippen molar-refractivity contribution < 1.29 is 4.79 Å². The fourth-order valence-corrected chi connectivity index (χ4v) is 2.47. The van der Waals surface area contributed by atoms with E-state index in [1.54, 1.807) is 0 Å². The molecule has 0 unspecified atom stereocenters.